The second-order valence-corrected chi connectivity index (χ2v) is 8.42. The first-order valence-corrected chi connectivity index (χ1v) is 10.9. The molecule has 0 aliphatic carbocycles. The largest absolute Gasteiger partial charge is 0.488 e. The quantitative estimate of drug-likeness (QED) is 0.383. The van der Waals surface area contributed by atoms with E-state index in [0.29, 0.717) is 22.9 Å². The van der Waals surface area contributed by atoms with Crippen molar-refractivity contribution in [2.24, 2.45) is 0 Å². The van der Waals surface area contributed by atoms with E-state index in [2.05, 4.69) is 15.6 Å². The molecule has 170 valence electrons. The molecule has 0 radical (unpaired) electrons. The molecule has 0 fully saturated rings. The molecule has 0 atom stereocenters. The first kappa shape index (κ1) is 22.6. The topological polar surface area (TPSA) is 82.2 Å². The minimum absolute atomic E-state index is 0.141. The van der Waals surface area contributed by atoms with Gasteiger partial charge >= 0.3 is 0 Å². The number of ether oxygens (including phenoxy) is 1. The highest BCUT2D eigenvalue weighted by Crippen LogP contribution is 2.25. The van der Waals surface area contributed by atoms with E-state index in [4.69, 9.17) is 20.9 Å². The van der Waals surface area contributed by atoms with Crippen LogP contribution in [-0.4, -0.2) is 20.8 Å². The molecular weight excluding hydrogens is 440 g/mol. The van der Waals surface area contributed by atoms with Crippen LogP contribution < -0.4 is 10.1 Å². The van der Waals surface area contributed by atoms with E-state index in [1.807, 2.05) is 63.2 Å². The molecule has 0 aliphatic heterocycles. The molecule has 0 aliphatic rings. The van der Waals surface area contributed by atoms with Crippen molar-refractivity contribution in [2.75, 3.05) is 5.32 Å². The molecule has 0 saturated heterocycles. The van der Waals surface area contributed by atoms with Crippen LogP contribution in [0.3, 0.4) is 0 Å². The smallest absolute Gasteiger partial charge is 0.279 e. The molecule has 0 spiro atoms. The Hall–Kier alpha value is -3.58. The molecule has 2 aromatic heterocycles. The summed E-state index contributed by atoms with van der Waals surface area (Å²) in [6.45, 7) is 8.48. The Labute approximate surface area is 197 Å². The highest BCUT2D eigenvalue weighted by molar-refractivity contribution is 6.33. The van der Waals surface area contributed by atoms with Crippen molar-refractivity contribution in [1.29, 1.82) is 0 Å². The van der Waals surface area contributed by atoms with Gasteiger partial charge in [0.05, 0.1) is 12.1 Å². The predicted octanol–water partition coefficient (Wildman–Crippen LogP) is 5.64. The summed E-state index contributed by atoms with van der Waals surface area (Å²) in [6, 6.07) is 14.0. The van der Waals surface area contributed by atoms with Gasteiger partial charge in [0.2, 0.25) is 0 Å². The maximum atomic E-state index is 12.9. The minimum Gasteiger partial charge on any atom is -0.488 e. The van der Waals surface area contributed by atoms with Crippen LogP contribution in [0.2, 0.25) is 5.02 Å². The van der Waals surface area contributed by atoms with Crippen LogP contribution in [0.1, 0.15) is 44.1 Å². The zero-order chi connectivity index (χ0) is 23.5. The minimum atomic E-state index is -0.464. The van der Waals surface area contributed by atoms with Crippen LogP contribution in [0.15, 0.2) is 53.2 Å². The van der Waals surface area contributed by atoms with E-state index in [1.54, 1.807) is 17.8 Å². The number of aryl methyl sites for hydroxylation is 3. The molecule has 2 aromatic carbocycles. The molecule has 8 heteroatoms. The summed E-state index contributed by atoms with van der Waals surface area (Å²) in [5.41, 5.74) is 5.15. The lowest BCUT2D eigenvalue weighted by Crippen LogP contribution is -2.16. The fraction of sp³-hybridized carbons (Fsp3) is 0.240. The summed E-state index contributed by atoms with van der Waals surface area (Å²) in [5, 5.41) is 11.4. The van der Waals surface area contributed by atoms with Crippen LogP contribution in [0.5, 0.6) is 5.75 Å². The van der Waals surface area contributed by atoms with Gasteiger partial charge in [-0.1, -0.05) is 58.7 Å². The Morgan fingerprint density at radius 1 is 1.12 bits per heavy atom. The summed E-state index contributed by atoms with van der Waals surface area (Å²) in [6.07, 6.45) is 1.68. The van der Waals surface area contributed by atoms with Crippen molar-refractivity contribution in [3.05, 3.63) is 93.0 Å². The van der Waals surface area contributed by atoms with Gasteiger partial charge in [-0.3, -0.25) is 9.48 Å². The maximum Gasteiger partial charge on any atom is 0.279 e. The Kier molecular flexibility index (Phi) is 6.51. The summed E-state index contributed by atoms with van der Waals surface area (Å²) >= 11 is 6.32. The zero-order valence-electron chi connectivity index (χ0n) is 19.0. The predicted molar refractivity (Wildman–Crippen MR) is 127 cm³/mol. The van der Waals surface area contributed by atoms with E-state index in [1.165, 1.54) is 5.56 Å². The lowest BCUT2D eigenvalue weighted by molar-refractivity contribution is 0.101. The van der Waals surface area contributed by atoms with Gasteiger partial charge in [-0.05, 0) is 50.5 Å². The molecule has 0 unspecified atom stereocenters. The number of nitrogens with zero attached hydrogens (tertiary/aromatic N) is 3. The van der Waals surface area contributed by atoms with E-state index < -0.39 is 5.91 Å². The molecule has 2 heterocycles. The second-order valence-electron chi connectivity index (χ2n) is 8.02. The number of anilines is 1. The highest BCUT2D eigenvalue weighted by Gasteiger charge is 2.22. The van der Waals surface area contributed by atoms with Crippen LogP contribution in [0.25, 0.3) is 0 Å². The van der Waals surface area contributed by atoms with Crippen molar-refractivity contribution in [3.63, 3.8) is 0 Å². The number of carbonyl (C=O) groups excluding carboxylic acids is 1. The third-order valence-electron chi connectivity index (χ3n) is 5.54. The molecule has 1 N–H and O–H groups in total. The number of carbonyl (C=O) groups is 1. The summed E-state index contributed by atoms with van der Waals surface area (Å²) in [5.74, 6) is 1.06. The fourth-order valence-electron chi connectivity index (χ4n) is 3.38. The number of amides is 1. The van der Waals surface area contributed by atoms with Crippen LogP contribution in [0.4, 0.5) is 5.82 Å². The Balaban J connectivity index is 1.47. The summed E-state index contributed by atoms with van der Waals surface area (Å²) in [7, 11) is 0. The van der Waals surface area contributed by atoms with E-state index in [9.17, 15) is 4.79 Å². The van der Waals surface area contributed by atoms with Crippen LogP contribution in [-0.2, 0) is 13.2 Å². The molecule has 33 heavy (non-hydrogen) atoms. The Bertz CT molecular complexity index is 1290. The Morgan fingerprint density at radius 2 is 1.88 bits per heavy atom. The Morgan fingerprint density at radius 3 is 2.64 bits per heavy atom. The number of nitrogens with one attached hydrogen (secondary N) is 1. The van der Waals surface area contributed by atoms with Gasteiger partial charge in [-0.15, -0.1) is 0 Å². The van der Waals surface area contributed by atoms with Crippen molar-refractivity contribution >= 4 is 23.3 Å². The summed E-state index contributed by atoms with van der Waals surface area (Å²) in [4.78, 5) is 12.9. The first-order valence-electron chi connectivity index (χ1n) is 10.6. The standard InChI is InChI=1S/C25H25ClN4O3/c1-15-8-10-19(11-9-15)12-30-13-21(26)24(28-30)27-25(31)23-20(18(4)33-29-23)14-32-22-7-5-6-16(2)17(22)3/h5-11,13H,12,14H2,1-4H3,(H,27,28,31). The van der Waals surface area contributed by atoms with E-state index in [0.717, 1.165) is 22.4 Å². The van der Waals surface area contributed by atoms with Crippen molar-refractivity contribution in [3.8, 4) is 5.75 Å². The normalized spacial score (nSPS) is 10.9. The van der Waals surface area contributed by atoms with Gasteiger partial charge in [0, 0.05) is 6.20 Å². The molecule has 4 aromatic rings. The van der Waals surface area contributed by atoms with Gasteiger partial charge in [0.25, 0.3) is 5.91 Å². The third-order valence-corrected chi connectivity index (χ3v) is 5.82. The first-order chi connectivity index (χ1) is 15.8. The maximum absolute atomic E-state index is 12.9. The van der Waals surface area contributed by atoms with Crippen LogP contribution >= 0.6 is 11.6 Å². The third kappa shape index (κ3) is 5.09. The van der Waals surface area contributed by atoms with Crippen molar-refractivity contribution in [2.45, 2.75) is 40.8 Å². The number of hydrogen-bond donors (Lipinski definition) is 1. The highest BCUT2D eigenvalue weighted by atomic mass is 35.5. The molecule has 7 nitrogen and oxygen atoms in total. The van der Waals surface area contributed by atoms with E-state index >= 15 is 0 Å². The zero-order valence-corrected chi connectivity index (χ0v) is 19.7. The average Bonchev–Trinajstić information content (AvgIpc) is 3.32. The van der Waals surface area contributed by atoms with Gasteiger partial charge in [0.1, 0.15) is 23.1 Å². The molecular formula is C25H25ClN4O3. The summed E-state index contributed by atoms with van der Waals surface area (Å²) < 4.78 is 12.9. The number of benzene rings is 2. The SMILES string of the molecule is Cc1ccc(Cn2cc(Cl)c(NC(=O)c3noc(C)c3COc3cccc(C)c3C)n2)cc1. The second kappa shape index (κ2) is 9.50. The van der Waals surface area contributed by atoms with Crippen LogP contribution in [0, 0.1) is 27.7 Å². The molecule has 1 amide bonds. The average molecular weight is 465 g/mol. The fourth-order valence-corrected chi connectivity index (χ4v) is 3.58. The van der Waals surface area contributed by atoms with Gasteiger partial charge in [-0.2, -0.15) is 5.10 Å². The lowest BCUT2D eigenvalue weighted by atomic mass is 10.1. The molecule has 0 saturated carbocycles. The monoisotopic (exact) mass is 464 g/mol. The van der Waals surface area contributed by atoms with Crippen molar-refractivity contribution < 1.29 is 14.1 Å². The van der Waals surface area contributed by atoms with Gasteiger partial charge < -0.3 is 14.6 Å². The number of rotatable bonds is 7. The van der Waals surface area contributed by atoms with Gasteiger partial charge in [0.15, 0.2) is 11.5 Å². The van der Waals surface area contributed by atoms with Gasteiger partial charge in [-0.25, -0.2) is 0 Å². The number of aromatic nitrogens is 3. The van der Waals surface area contributed by atoms with Crippen molar-refractivity contribution in [1.82, 2.24) is 14.9 Å². The number of hydrogen-bond acceptors (Lipinski definition) is 5. The van der Waals surface area contributed by atoms with E-state index in [-0.39, 0.29) is 18.1 Å². The molecule has 0 bridgehead atoms. The lowest BCUT2D eigenvalue weighted by Gasteiger charge is -2.11. The number of halogens is 1. The molecule has 4 rings (SSSR count).